The van der Waals surface area contributed by atoms with Gasteiger partial charge in [0.05, 0.1) is 18.2 Å². The number of nitrogens with zero attached hydrogens (tertiary/aromatic N) is 1. The number of carbonyl (C=O) groups is 1. The number of rotatable bonds is 8. The number of carbonyl (C=O) groups excluding carboxylic acids is 1. The molecule has 8 heteroatoms. The quantitative estimate of drug-likeness (QED) is 0.636. The predicted octanol–water partition coefficient (Wildman–Crippen LogP) is 3.52. The second-order valence-corrected chi connectivity index (χ2v) is 10.8. The van der Waals surface area contributed by atoms with E-state index in [4.69, 9.17) is 9.47 Å². The van der Waals surface area contributed by atoms with Gasteiger partial charge in [0.15, 0.2) is 0 Å². The maximum absolute atomic E-state index is 13.2. The van der Waals surface area contributed by atoms with Crippen molar-refractivity contribution in [2.24, 2.45) is 0 Å². The largest absolute Gasteiger partial charge is 0.495 e. The van der Waals surface area contributed by atoms with E-state index in [-0.39, 0.29) is 16.4 Å². The van der Waals surface area contributed by atoms with Crippen molar-refractivity contribution in [3.63, 3.8) is 0 Å². The molecule has 0 atom stereocenters. The molecule has 5 rings (SSSR count). The minimum atomic E-state index is -3.89. The second kappa shape index (κ2) is 8.65. The first-order chi connectivity index (χ1) is 15.9. The van der Waals surface area contributed by atoms with Crippen LogP contribution >= 0.6 is 0 Å². The Kier molecular flexibility index (Phi) is 5.82. The number of sulfonamides is 1. The van der Waals surface area contributed by atoms with Crippen LogP contribution < -0.4 is 14.2 Å². The van der Waals surface area contributed by atoms with Crippen molar-refractivity contribution in [1.29, 1.82) is 0 Å². The number of fused-ring (bicyclic) bond motifs is 2. The molecule has 176 valence electrons. The van der Waals surface area contributed by atoms with Crippen LogP contribution in [-0.2, 0) is 26.7 Å². The van der Waals surface area contributed by atoms with Crippen molar-refractivity contribution >= 4 is 21.5 Å². The third kappa shape index (κ3) is 3.99. The zero-order chi connectivity index (χ0) is 23.1. The van der Waals surface area contributed by atoms with E-state index in [9.17, 15) is 13.2 Å². The van der Waals surface area contributed by atoms with Crippen molar-refractivity contribution in [2.45, 2.75) is 48.8 Å². The smallest absolute Gasteiger partial charge is 0.265 e. The van der Waals surface area contributed by atoms with E-state index in [1.807, 2.05) is 6.07 Å². The number of ether oxygens (including phenoxy) is 2. The zero-order valence-electron chi connectivity index (χ0n) is 18.9. The molecule has 0 aromatic heterocycles. The average molecular weight is 471 g/mol. The molecule has 7 nitrogen and oxygen atoms in total. The number of hydrogen-bond acceptors (Lipinski definition) is 6. The van der Waals surface area contributed by atoms with Gasteiger partial charge in [-0.25, -0.2) is 8.42 Å². The highest BCUT2D eigenvalue weighted by atomic mass is 32.2. The molecular weight excluding hydrogens is 440 g/mol. The molecule has 1 spiro atoms. The summed E-state index contributed by atoms with van der Waals surface area (Å²) in [6.07, 6.45) is 5.42. The Morgan fingerprint density at radius 2 is 1.82 bits per heavy atom. The van der Waals surface area contributed by atoms with Gasteiger partial charge in [0, 0.05) is 24.6 Å². The molecule has 0 unspecified atom stereocenters. The number of methoxy groups -OCH3 is 1. The van der Waals surface area contributed by atoms with Gasteiger partial charge in [0.2, 0.25) is 0 Å². The molecule has 0 bridgehead atoms. The second-order valence-electron chi connectivity index (χ2n) is 9.19. The summed E-state index contributed by atoms with van der Waals surface area (Å²) in [7, 11) is -2.44. The molecule has 1 N–H and O–H groups in total. The Labute approximate surface area is 195 Å². The number of ketones is 1. The summed E-state index contributed by atoms with van der Waals surface area (Å²) in [5.41, 5.74) is 1.78. The Morgan fingerprint density at radius 1 is 1.06 bits per heavy atom. The van der Waals surface area contributed by atoms with Crippen molar-refractivity contribution in [3.8, 4) is 11.5 Å². The first-order valence-electron chi connectivity index (χ1n) is 11.6. The van der Waals surface area contributed by atoms with E-state index in [0.29, 0.717) is 24.5 Å². The standard InChI is InChI=1S/C25H30N2O5S/c1-31-21-7-2-3-8-23(21)33(29,30)26-18-15-20-19(17-24(28)25(20)9-6-10-25)22(16-18)32-14-13-27-11-4-5-12-27/h2-3,7-8,15-16,26H,4-6,9-14,17H2,1H3. The van der Waals surface area contributed by atoms with Gasteiger partial charge in [0.1, 0.15) is 28.8 Å². The Morgan fingerprint density at radius 3 is 2.52 bits per heavy atom. The lowest BCUT2D eigenvalue weighted by molar-refractivity contribution is -0.125. The summed E-state index contributed by atoms with van der Waals surface area (Å²) >= 11 is 0. The number of benzene rings is 2. The van der Waals surface area contributed by atoms with Crippen molar-refractivity contribution in [3.05, 3.63) is 47.5 Å². The molecular formula is C25H30N2O5S. The molecule has 1 saturated carbocycles. The number of Topliss-reactive ketones (excluding diaryl/α,β-unsaturated/α-hetero) is 1. The van der Waals surface area contributed by atoms with Gasteiger partial charge < -0.3 is 9.47 Å². The van der Waals surface area contributed by atoms with Gasteiger partial charge >= 0.3 is 0 Å². The number of nitrogens with one attached hydrogen (secondary N) is 1. The molecule has 33 heavy (non-hydrogen) atoms. The molecule has 1 aliphatic heterocycles. The van der Waals surface area contributed by atoms with Crippen LogP contribution in [0.3, 0.4) is 0 Å². The van der Waals surface area contributed by atoms with Gasteiger partial charge in [-0.05, 0) is 62.5 Å². The number of likely N-dealkylation sites (tertiary alicyclic amines) is 1. The highest BCUT2D eigenvalue weighted by Crippen LogP contribution is 2.53. The maximum atomic E-state index is 13.2. The molecule has 1 heterocycles. The maximum Gasteiger partial charge on any atom is 0.265 e. The van der Waals surface area contributed by atoms with Crippen LogP contribution in [0.15, 0.2) is 41.3 Å². The van der Waals surface area contributed by atoms with Crippen LogP contribution in [0.25, 0.3) is 0 Å². The first kappa shape index (κ1) is 22.2. The van der Waals surface area contributed by atoms with E-state index in [2.05, 4.69) is 9.62 Å². The van der Waals surface area contributed by atoms with E-state index in [1.54, 1.807) is 24.3 Å². The van der Waals surface area contributed by atoms with Crippen molar-refractivity contribution in [1.82, 2.24) is 4.90 Å². The highest BCUT2D eigenvalue weighted by Gasteiger charge is 2.51. The number of hydrogen-bond donors (Lipinski definition) is 1. The van der Waals surface area contributed by atoms with Crippen LogP contribution in [0, 0.1) is 0 Å². The lowest BCUT2D eigenvalue weighted by atomic mass is 9.64. The Bertz CT molecular complexity index is 1170. The Balaban J connectivity index is 1.46. The molecule has 0 amide bonds. The van der Waals surface area contributed by atoms with Crippen molar-refractivity contribution < 1.29 is 22.7 Å². The van der Waals surface area contributed by atoms with Gasteiger partial charge in [-0.1, -0.05) is 18.6 Å². The summed E-state index contributed by atoms with van der Waals surface area (Å²) in [6.45, 7) is 3.50. The Hall–Kier alpha value is -2.58. The predicted molar refractivity (Wildman–Crippen MR) is 126 cm³/mol. The van der Waals surface area contributed by atoms with Crippen LogP contribution in [0.4, 0.5) is 5.69 Å². The molecule has 2 fully saturated rings. The van der Waals surface area contributed by atoms with E-state index in [0.717, 1.165) is 50.0 Å². The number of anilines is 1. The normalized spacial score (nSPS) is 19.4. The molecule has 1 saturated heterocycles. The summed E-state index contributed by atoms with van der Waals surface area (Å²) in [6, 6.07) is 10.1. The van der Waals surface area contributed by atoms with Crippen LogP contribution in [0.1, 0.15) is 43.2 Å². The molecule has 2 aliphatic carbocycles. The fourth-order valence-electron chi connectivity index (χ4n) is 5.34. The van der Waals surface area contributed by atoms with Gasteiger partial charge in [-0.2, -0.15) is 0 Å². The fraction of sp³-hybridized carbons (Fsp3) is 0.480. The molecule has 2 aromatic carbocycles. The molecule has 2 aromatic rings. The lowest BCUT2D eigenvalue weighted by Crippen LogP contribution is -2.39. The van der Waals surface area contributed by atoms with Gasteiger partial charge in [0.25, 0.3) is 10.0 Å². The minimum absolute atomic E-state index is 0.0685. The fourth-order valence-corrected chi connectivity index (χ4v) is 6.55. The van der Waals surface area contributed by atoms with Crippen molar-refractivity contribution in [2.75, 3.05) is 38.1 Å². The summed E-state index contributed by atoms with van der Waals surface area (Å²) < 4.78 is 40.5. The van der Waals surface area contributed by atoms with E-state index < -0.39 is 15.4 Å². The SMILES string of the molecule is COc1ccccc1S(=O)(=O)Nc1cc(OCCN2CCCC2)c2c(c1)C1(CCC1)C(=O)C2. The van der Waals surface area contributed by atoms with Gasteiger partial charge in [-0.3, -0.25) is 14.4 Å². The van der Waals surface area contributed by atoms with E-state index >= 15 is 0 Å². The topological polar surface area (TPSA) is 84.9 Å². The summed E-state index contributed by atoms with van der Waals surface area (Å²) in [5.74, 6) is 1.11. The zero-order valence-corrected chi connectivity index (χ0v) is 19.7. The highest BCUT2D eigenvalue weighted by molar-refractivity contribution is 7.92. The summed E-state index contributed by atoms with van der Waals surface area (Å²) in [5, 5.41) is 0. The van der Waals surface area contributed by atoms with Crippen LogP contribution in [0.5, 0.6) is 11.5 Å². The first-order valence-corrected chi connectivity index (χ1v) is 13.1. The van der Waals surface area contributed by atoms with Crippen LogP contribution in [-0.4, -0.2) is 52.5 Å². The number of para-hydroxylation sites is 1. The third-order valence-electron chi connectivity index (χ3n) is 7.28. The van der Waals surface area contributed by atoms with Crippen LogP contribution in [0.2, 0.25) is 0 Å². The monoisotopic (exact) mass is 470 g/mol. The molecule has 3 aliphatic rings. The van der Waals surface area contributed by atoms with Gasteiger partial charge in [-0.15, -0.1) is 0 Å². The lowest BCUT2D eigenvalue weighted by Gasteiger charge is -2.37. The van der Waals surface area contributed by atoms with E-state index in [1.165, 1.54) is 26.0 Å². The minimum Gasteiger partial charge on any atom is -0.495 e. The molecule has 0 radical (unpaired) electrons. The third-order valence-corrected chi connectivity index (χ3v) is 8.70. The average Bonchev–Trinajstić information content (AvgIpc) is 3.38. The summed E-state index contributed by atoms with van der Waals surface area (Å²) in [4.78, 5) is 15.4.